The molecule has 2 aromatic carbocycles. The number of furan rings is 1. The number of rotatable bonds is 6. The van der Waals surface area contributed by atoms with Crippen LogP contribution in [0.25, 0.3) is 0 Å². The lowest BCUT2D eigenvalue weighted by Crippen LogP contribution is -2.44. The SMILES string of the molecule is COc1ccc(C2C(C(=O)O)c3ccccc3C(=O)N2Cc2ccco2)cc1OC. The number of carboxylic acid groups (broad SMARTS) is 1. The van der Waals surface area contributed by atoms with Crippen molar-refractivity contribution in [2.75, 3.05) is 14.2 Å². The van der Waals surface area contributed by atoms with Gasteiger partial charge in [0.1, 0.15) is 11.7 Å². The molecule has 2 unspecified atom stereocenters. The molecule has 1 aliphatic heterocycles. The Morgan fingerprint density at radius 2 is 1.83 bits per heavy atom. The molecule has 0 saturated carbocycles. The van der Waals surface area contributed by atoms with Gasteiger partial charge in [0.05, 0.1) is 33.1 Å². The number of hydrogen-bond acceptors (Lipinski definition) is 5. The number of amides is 1. The molecule has 1 N–H and O–H groups in total. The molecule has 1 aromatic heterocycles. The zero-order chi connectivity index (χ0) is 21.3. The normalized spacial score (nSPS) is 18.1. The smallest absolute Gasteiger partial charge is 0.313 e. The average molecular weight is 407 g/mol. The highest BCUT2D eigenvalue weighted by Gasteiger charge is 2.44. The first-order valence-corrected chi connectivity index (χ1v) is 9.42. The van der Waals surface area contributed by atoms with E-state index < -0.39 is 17.9 Å². The van der Waals surface area contributed by atoms with E-state index >= 15 is 0 Å². The molecular formula is C23H21NO6. The second-order valence-corrected chi connectivity index (χ2v) is 6.97. The van der Waals surface area contributed by atoms with E-state index in [9.17, 15) is 14.7 Å². The first kappa shape index (κ1) is 19.6. The highest BCUT2D eigenvalue weighted by Crippen LogP contribution is 2.45. The zero-order valence-corrected chi connectivity index (χ0v) is 16.6. The molecule has 2 atom stereocenters. The number of nitrogens with zero attached hydrogens (tertiary/aromatic N) is 1. The van der Waals surface area contributed by atoms with Crippen LogP contribution in [-0.4, -0.2) is 36.1 Å². The Bertz CT molecular complexity index is 1080. The Labute approximate surface area is 173 Å². The lowest BCUT2D eigenvalue weighted by atomic mass is 9.79. The summed E-state index contributed by atoms with van der Waals surface area (Å²) in [6.07, 6.45) is 1.53. The van der Waals surface area contributed by atoms with Crippen molar-refractivity contribution in [1.82, 2.24) is 4.90 Å². The minimum Gasteiger partial charge on any atom is -0.493 e. The van der Waals surface area contributed by atoms with Gasteiger partial charge >= 0.3 is 5.97 Å². The van der Waals surface area contributed by atoms with Crippen LogP contribution in [0.15, 0.2) is 65.3 Å². The van der Waals surface area contributed by atoms with E-state index in [1.807, 2.05) is 0 Å². The Kier molecular flexibility index (Phi) is 5.18. The van der Waals surface area contributed by atoms with Crippen molar-refractivity contribution in [3.63, 3.8) is 0 Å². The molecule has 0 bridgehead atoms. The minimum atomic E-state index is -1.01. The van der Waals surface area contributed by atoms with Gasteiger partial charge in [-0.25, -0.2) is 0 Å². The predicted molar refractivity (Wildman–Crippen MR) is 108 cm³/mol. The van der Waals surface area contributed by atoms with Crippen LogP contribution < -0.4 is 9.47 Å². The quantitative estimate of drug-likeness (QED) is 0.667. The molecule has 7 heteroatoms. The molecule has 1 aliphatic rings. The first-order chi connectivity index (χ1) is 14.5. The van der Waals surface area contributed by atoms with Gasteiger partial charge in [-0.1, -0.05) is 24.3 Å². The monoisotopic (exact) mass is 407 g/mol. The molecule has 0 spiro atoms. The molecule has 1 amide bonds. The van der Waals surface area contributed by atoms with Crippen LogP contribution in [0.4, 0.5) is 0 Å². The van der Waals surface area contributed by atoms with E-state index in [0.29, 0.717) is 33.9 Å². The molecule has 0 fully saturated rings. The van der Waals surface area contributed by atoms with Gasteiger partial charge in [0.25, 0.3) is 5.91 Å². The largest absolute Gasteiger partial charge is 0.493 e. The summed E-state index contributed by atoms with van der Waals surface area (Å²) in [4.78, 5) is 27.4. The van der Waals surface area contributed by atoms with Crippen molar-refractivity contribution >= 4 is 11.9 Å². The van der Waals surface area contributed by atoms with E-state index in [2.05, 4.69) is 0 Å². The van der Waals surface area contributed by atoms with E-state index in [-0.39, 0.29) is 12.5 Å². The van der Waals surface area contributed by atoms with Crippen LogP contribution in [0.2, 0.25) is 0 Å². The standard InChI is InChI=1S/C23H21NO6/c1-28-18-10-9-14(12-19(18)29-2)21-20(23(26)27)16-7-3-4-8-17(16)22(25)24(21)13-15-6-5-11-30-15/h3-12,20-21H,13H2,1-2H3,(H,26,27). The molecule has 4 rings (SSSR count). The van der Waals surface area contributed by atoms with Crippen molar-refractivity contribution in [1.29, 1.82) is 0 Å². The van der Waals surface area contributed by atoms with Crippen molar-refractivity contribution in [3.8, 4) is 11.5 Å². The number of carbonyl (C=O) groups excluding carboxylic acids is 1. The summed E-state index contributed by atoms with van der Waals surface area (Å²) in [5.74, 6) is -0.667. The van der Waals surface area contributed by atoms with E-state index in [0.717, 1.165) is 0 Å². The van der Waals surface area contributed by atoms with Crippen molar-refractivity contribution in [2.45, 2.75) is 18.5 Å². The van der Waals surface area contributed by atoms with Crippen LogP contribution in [-0.2, 0) is 11.3 Å². The van der Waals surface area contributed by atoms with Crippen LogP contribution in [0.3, 0.4) is 0 Å². The summed E-state index contributed by atoms with van der Waals surface area (Å²) in [6, 6.07) is 14.8. The number of aliphatic carboxylic acids is 1. The number of ether oxygens (including phenoxy) is 2. The minimum absolute atomic E-state index is 0.142. The Morgan fingerprint density at radius 1 is 1.07 bits per heavy atom. The second-order valence-electron chi connectivity index (χ2n) is 6.97. The Balaban J connectivity index is 1.90. The average Bonchev–Trinajstić information content (AvgIpc) is 3.28. The molecule has 154 valence electrons. The second kappa shape index (κ2) is 7.94. The van der Waals surface area contributed by atoms with E-state index in [1.165, 1.54) is 20.5 Å². The van der Waals surface area contributed by atoms with Crippen LogP contribution in [0, 0.1) is 0 Å². The summed E-state index contributed by atoms with van der Waals surface area (Å²) in [6.45, 7) is 0.142. The van der Waals surface area contributed by atoms with E-state index in [4.69, 9.17) is 13.9 Å². The van der Waals surface area contributed by atoms with Crippen LogP contribution >= 0.6 is 0 Å². The number of methoxy groups -OCH3 is 2. The molecular weight excluding hydrogens is 386 g/mol. The third kappa shape index (κ3) is 3.28. The number of benzene rings is 2. The maximum atomic E-state index is 13.4. The maximum absolute atomic E-state index is 13.4. The lowest BCUT2D eigenvalue weighted by molar-refractivity contribution is -0.140. The van der Waals surface area contributed by atoms with E-state index in [1.54, 1.807) is 59.5 Å². The Hall–Kier alpha value is -3.74. The van der Waals surface area contributed by atoms with Crippen molar-refractivity contribution in [2.24, 2.45) is 0 Å². The van der Waals surface area contributed by atoms with Gasteiger partial charge in [-0.2, -0.15) is 0 Å². The number of hydrogen-bond donors (Lipinski definition) is 1. The summed E-state index contributed by atoms with van der Waals surface area (Å²) < 4.78 is 16.2. The fourth-order valence-corrected chi connectivity index (χ4v) is 4.01. The molecule has 30 heavy (non-hydrogen) atoms. The van der Waals surface area contributed by atoms with Crippen molar-refractivity contribution < 1.29 is 28.6 Å². The fraction of sp³-hybridized carbons (Fsp3) is 0.217. The van der Waals surface area contributed by atoms with Crippen LogP contribution in [0.5, 0.6) is 11.5 Å². The Morgan fingerprint density at radius 3 is 2.50 bits per heavy atom. The van der Waals surface area contributed by atoms with Crippen LogP contribution in [0.1, 0.15) is 39.2 Å². The first-order valence-electron chi connectivity index (χ1n) is 9.42. The number of carbonyl (C=O) groups is 2. The molecule has 0 aliphatic carbocycles. The maximum Gasteiger partial charge on any atom is 0.313 e. The van der Waals surface area contributed by atoms with Gasteiger partial charge < -0.3 is 23.9 Å². The fourth-order valence-electron chi connectivity index (χ4n) is 4.01. The molecule has 2 heterocycles. The topological polar surface area (TPSA) is 89.2 Å². The number of carboxylic acids is 1. The third-order valence-electron chi connectivity index (χ3n) is 5.36. The molecule has 7 nitrogen and oxygen atoms in total. The van der Waals surface area contributed by atoms with Gasteiger partial charge in [-0.15, -0.1) is 0 Å². The number of fused-ring (bicyclic) bond motifs is 1. The van der Waals surface area contributed by atoms with Gasteiger partial charge in [0.15, 0.2) is 11.5 Å². The predicted octanol–water partition coefficient (Wildman–Crippen LogP) is 3.86. The third-order valence-corrected chi connectivity index (χ3v) is 5.36. The summed E-state index contributed by atoms with van der Waals surface area (Å²) in [7, 11) is 3.04. The summed E-state index contributed by atoms with van der Waals surface area (Å²) in [5.41, 5.74) is 1.51. The van der Waals surface area contributed by atoms with Gasteiger partial charge in [-0.3, -0.25) is 9.59 Å². The molecule has 0 saturated heterocycles. The summed E-state index contributed by atoms with van der Waals surface area (Å²) >= 11 is 0. The zero-order valence-electron chi connectivity index (χ0n) is 16.6. The molecule has 0 radical (unpaired) electrons. The highest BCUT2D eigenvalue weighted by atomic mass is 16.5. The van der Waals surface area contributed by atoms with Gasteiger partial charge in [0, 0.05) is 5.56 Å². The molecule has 3 aromatic rings. The van der Waals surface area contributed by atoms with Gasteiger partial charge in [0.2, 0.25) is 0 Å². The lowest BCUT2D eigenvalue weighted by Gasteiger charge is -2.40. The van der Waals surface area contributed by atoms with Gasteiger partial charge in [-0.05, 0) is 41.5 Å². The summed E-state index contributed by atoms with van der Waals surface area (Å²) in [5, 5.41) is 10.2. The highest BCUT2D eigenvalue weighted by molar-refractivity contribution is 6.00. The van der Waals surface area contributed by atoms with Crippen molar-refractivity contribution in [3.05, 3.63) is 83.3 Å².